The number of hydrogen-bond acceptors (Lipinski definition) is 2. The molecule has 0 aliphatic rings. The fourth-order valence-electron chi connectivity index (χ4n) is 1.44. The predicted octanol–water partition coefficient (Wildman–Crippen LogP) is 2.40. The van der Waals surface area contributed by atoms with E-state index in [1.54, 1.807) is 6.07 Å². The van der Waals surface area contributed by atoms with Crippen LogP contribution >= 0.6 is 0 Å². The van der Waals surface area contributed by atoms with Crippen molar-refractivity contribution < 1.29 is 12.4 Å². The Morgan fingerprint density at radius 3 is 2.62 bits per heavy atom. The molecule has 0 fully saturated rings. The number of rotatable bonds is 1. The minimum absolute atomic E-state index is 0. The molecular formula is C12H13MgNO2. The summed E-state index contributed by atoms with van der Waals surface area (Å²) in [6.07, 6.45) is -0.452. The van der Waals surface area contributed by atoms with Crippen molar-refractivity contribution in [2.75, 3.05) is 7.05 Å². The molecule has 16 heavy (non-hydrogen) atoms. The predicted molar refractivity (Wildman–Crippen MR) is 67.0 cm³/mol. The molecule has 4 heteroatoms. The van der Waals surface area contributed by atoms with E-state index in [0.29, 0.717) is 5.75 Å². The molecule has 0 heterocycles. The molecule has 0 saturated carbocycles. The van der Waals surface area contributed by atoms with Crippen LogP contribution in [0.3, 0.4) is 0 Å². The average Bonchev–Trinajstić information content (AvgIpc) is 2.29. The first-order valence-electron chi connectivity index (χ1n) is 4.68. The molecule has 0 spiro atoms. The van der Waals surface area contributed by atoms with Crippen molar-refractivity contribution in [2.45, 2.75) is 0 Å². The molecule has 0 atom stereocenters. The molecule has 0 bridgehead atoms. The Morgan fingerprint density at radius 2 is 1.88 bits per heavy atom. The molecular weight excluding hydrogens is 214 g/mol. The quantitative estimate of drug-likeness (QED) is 0.760. The van der Waals surface area contributed by atoms with Gasteiger partial charge in [-0.3, -0.25) is 0 Å². The Morgan fingerprint density at radius 1 is 1.19 bits per heavy atom. The monoisotopic (exact) mass is 227 g/mol. The van der Waals surface area contributed by atoms with Crippen LogP contribution in [0.15, 0.2) is 42.5 Å². The Kier molecular flexibility index (Phi) is 4.58. The van der Waals surface area contributed by atoms with Gasteiger partial charge in [0.25, 0.3) is 0 Å². The minimum atomic E-state index is -0.452. The maximum atomic E-state index is 11.1. The summed E-state index contributed by atoms with van der Waals surface area (Å²) in [4.78, 5) is 11.1. The summed E-state index contributed by atoms with van der Waals surface area (Å²) in [5.41, 5.74) is 0. The molecule has 0 aliphatic heterocycles. The van der Waals surface area contributed by atoms with Gasteiger partial charge in [-0.2, -0.15) is 0 Å². The smallest absolute Gasteiger partial charge is 1.00 e. The fraction of sp³-hybridized carbons (Fsp3) is 0.0833. The van der Waals surface area contributed by atoms with Crippen LogP contribution in [-0.4, -0.2) is 36.2 Å². The molecule has 1 amide bonds. The fourth-order valence-corrected chi connectivity index (χ4v) is 1.44. The standard InChI is InChI=1S/C12H11NO2.Mg.2H/c1-13-12(14)15-11-8-4-6-9-5-2-3-7-10(9)11;;;/h2-8H,1H3,(H,13,14);;;/q;+2;2*-1. The third kappa shape index (κ3) is 2.65. The zero-order chi connectivity index (χ0) is 10.7. The second kappa shape index (κ2) is 5.72. The number of ether oxygens (including phenoxy) is 1. The van der Waals surface area contributed by atoms with Gasteiger partial charge in [0.2, 0.25) is 0 Å². The van der Waals surface area contributed by atoms with Crippen LogP contribution in [0.4, 0.5) is 4.79 Å². The van der Waals surface area contributed by atoms with Crippen molar-refractivity contribution in [1.82, 2.24) is 5.32 Å². The molecule has 0 aliphatic carbocycles. The summed E-state index contributed by atoms with van der Waals surface area (Å²) in [5, 5.41) is 4.41. The van der Waals surface area contributed by atoms with Gasteiger partial charge in [0, 0.05) is 12.4 Å². The number of carbonyl (C=O) groups excluding carboxylic acids is 1. The Balaban J connectivity index is 0. The Bertz CT molecular complexity index is 503. The molecule has 0 aromatic heterocycles. The molecule has 2 aromatic rings. The summed E-state index contributed by atoms with van der Waals surface area (Å²) in [7, 11) is 1.54. The molecule has 3 nitrogen and oxygen atoms in total. The number of amides is 1. The third-order valence-corrected chi connectivity index (χ3v) is 2.16. The van der Waals surface area contributed by atoms with Crippen molar-refractivity contribution in [3.8, 4) is 5.75 Å². The van der Waals surface area contributed by atoms with Gasteiger partial charge in [0.1, 0.15) is 5.75 Å². The van der Waals surface area contributed by atoms with Gasteiger partial charge in [-0.25, -0.2) is 4.79 Å². The van der Waals surface area contributed by atoms with E-state index in [1.807, 2.05) is 36.4 Å². The van der Waals surface area contributed by atoms with E-state index in [1.165, 1.54) is 7.05 Å². The van der Waals surface area contributed by atoms with Crippen molar-refractivity contribution in [3.63, 3.8) is 0 Å². The number of carbonyl (C=O) groups is 1. The van der Waals surface area contributed by atoms with Crippen LogP contribution < -0.4 is 10.1 Å². The second-order valence-electron chi connectivity index (χ2n) is 3.12. The van der Waals surface area contributed by atoms with Crippen LogP contribution in [0, 0.1) is 0 Å². The van der Waals surface area contributed by atoms with E-state index in [2.05, 4.69) is 5.32 Å². The van der Waals surface area contributed by atoms with Crippen LogP contribution in [0.1, 0.15) is 2.85 Å². The van der Waals surface area contributed by atoms with E-state index in [-0.39, 0.29) is 25.9 Å². The molecule has 80 valence electrons. The van der Waals surface area contributed by atoms with E-state index < -0.39 is 6.09 Å². The largest absolute Gasteiger partial charge is 2.00 e. The van der Waals surface area contributed by atoms with Crippen LogP contribution in [0.2, 0.25) is 0 Å². The first-order chi connectivity index (χ1) is 7.31. The first kappa shape index (κ1) is 12.8. The van der Waals surface area contributed by atoms with E-state index >= 15 is 0 Å². The Hall–Kier alpha value is -1.26. The van der Waals surface area contributed by atoms with Crippen LogP contribution in [-0.2, 0) is 0 Å². The number of hydrogen-bond donors (Lipinski definition) is 1. The maximum absolute atomic E-state index is 11.1. The van der Waals surface area contributed by atoms with Gasteiger partial charge in [0.15, 0.2) is 0 Å². The zero-order valence-electron chi connectivity index (χ0n) is 11.1. The molecule has 2 aromatic carbocycles. The number of fused-ring (bicyclic) bond motifs is 1. The maximum Gasteiger partial charge on any atom is 2.00 e. The second-order valence-corrected chi connectivity index (χ2v) is 3.12. The first-order valence-corrected chi connectivity index (χ1v) is 4.68. The van der Waals surface area contributed by atoms with Crippen molar-refractivity contribution in [2.24, 2.45) is 0 Å². The van der Waals surface area contributed by atoms with Crippen LogP contribution in [0.25, 0.3) is 10.8 Å². The van der Waals surface area contributed by atoms with Crippen molar-refractivity contribution >= 4 is 39.9 Å². The summed E-state index contributed by atoms with van der Waals surface area (Å²) in [5.74, 6) is 0.576. The summed E-state index contributed by atoms with van der Waals surface area (Å²) in [6.45, 7) is 0. The Labute approximate surface area is 113 Å². The van der Waals surface area contributed by atoms with Gasteiger partial charge >= 0.3 is 29.1 Å². The van der Waals surface area contributed by atoms with Gasteiger partial charge in [-0.05, 0) is 11.5 Å². The van der Waals surface area contributed by atoms with Gasteiger partial charge in [-0.15, -0.1) is 0 Å². The van der Waals surface area contributed by atoms with Gasteiger partial charge < -0.3 is 12.9 Å². The molecule has 0 unspecified atom stereocenters. The number of nitrogens with one attached hydrogen (secondary N) is 1. The van der Waals surface area contributed by atoms with Gasteiger partial charge in [-0.1, -0.05) is 36.4 Å². The molecule has 2 rings (SSSR count). The molecule has 0 radical (unpaired) electrons. The number of benzene rings is 2. The van der Waals surface area contributed by atoms with E-state index in [4.69, 9.17) is 4.74 Å². The normalized spacial score (nSPS) is 9.31. The SMILES string of the molecule is CNC(=O)Oc1cccc2ccccc12.[H-].[H-].[Mg+2]. The molecule has 0 saturated heterocycles. The van der Waals surface area contributed by atoms with E-state index in [0.717, 1.165) is 10.8 Å². The van der Waals surface area contributed by atoms with E-state index in [9.17, 15) is 4.79 Å². The minimum Gasteiger partial charge on any atom is -1.00 e. The third-order valence-electron chi connectivity index (χ3n) is 2.16. The van der Waals surface area contributed by atoms with Crippen molar-refractivity contribution in [1.29, 1.82) is 0 Å². The summed E-state index contributed by atoms with van der Waals surface area (Å²) in [6, 6.07) is 13.4. The zero-order valence-corrected chi connectivity index (χ0v) is 10.5. The summed E-state index contributed by atoms with van der Waals surface area (Å²) < 4.78 is 5.13. The average molecular weight is 228 g/mol. The topological polar surface area (TPSA) is 38.3 Å². The molecule has 1 N–H and O–H groups in total. The van der Waals surface area contributed by atoms with Crippen LogP contribution in [0.5, 0.6) is 5.75 Å². The summed E-state index contributed by atoms with van der Waals surface area (Å²) >= 11 is 0. The van der Waals surface area contributed by atoms with Gasteiger partial charge in [0.05, 0.1) is 0 Å². The van der Waals surface area contributed by atoms with Crippen molar-refractivity contribution in [3.05, 3.63) is 42.5 Å².